The number of urea groups is 1. The number of hydrogen-bond donors (Lipinski definition) is 1. The van der Waals surface area contributed by atoms with Crippen molar-refractivity contribution in [2.75, 3.05) is 0 Å². The largest absolute Gasteiger partial charge is 0.457 e. The second kappa shape index (κ2) is 9.71. The van der Waals surface area contributed by atoms with Crippen molar-refractivity contribution in [1.82, 2.24) is 10.2 Å². The lowest BCUT2D eigenvalue weighted by Crippen LogP contribution is -2.47. The highest BCUT2D eigenvalue weighted by molar-refractivity contribution is 6.30. The SMILES string of the molecule is CC1=C(C(=O)OCc2ccccc2)C(c2ccc(Cl)cc2)NC(=O)N1Cc1ccccc1. The Morgan fingerprint density at radius 1 is 0.938 bits per heavy atom. The van der Waals surface area contributed by atoms with Crippen LogP contribution in [0.1, 0.15) is 29.7 Å². The van der Waals surface area contributed by atoms with E-state index in [1.165, 1.54) is 0 Å². The molecule has 5 nitrogen and oxygen atoms in total. The molecule has 0 aromatic heterocycles. The van der Waals surface area contributed by atoms with Gasteiger partial charge >= 0.3 is 12.0 Å². The topological polar surface area (TPSA) is 58.6 Å². The van der Waals surface area contributed by atoms with Crippen molar-refractivity contribution in [3.8, 4) is 0 Å². The molecule has 0 radical (unpaired) electrons. The number of hydrogen-bond acceptors (Lipinski definition) is 3. The molecule has 3 aromatic carbocycles. The molecule has 1 atom stereocenters. The number of halogens is 1. The van der Waals surface area contributed by atoms with E-state index in [0.717, 1.165) is 16.7 Å². The smallest absolute Gasteiger partial charge is 0.338 e. The summed E-state index contributed by atoms with van der Waals surface area (Å²) in [6, 6.07) is 25.3. The van der Waals surface area contributed by atoms with Gasteiger partial charge in [0.2, 0.25) is 0 Å². The molecule has 0 spiro atoms. The summed E-state index contributed by atoms with van der Waals surface area (Å²) in [5.74, 6) is -0.468. The number of rotatable bonds is 6. The van der Waals surface area contributed by atoms with Crippen LogP contribution in [0.2, 0.25) is 5.02 Å². The minimum atomic E-state index is -0.630. The van der Waals surface area contributed by atoms with E-state index in [-0.39, 0.29) is 12.6 Å². The summed E-state index contributed by atoms with van der Waals surface area (Å²) in [4.78, 5) is 27.8. The van der Waals surface area contributed by atoms with E-state index in [0.29, 0.717) is 22.8 Å². The summed E-state index contributed by atoms with van der Waals surface area (Å²) in [5, 5.41) is 3.55. The van der Waals surface area contributed by atoms with E-state index in [1.807, 2.05) is 60.7 Å². The van der Waals surface area contributed by atoms with Crippen LogP contribution in [0.5, 0.6) is 0 Å². The molecule has 1 aliphatic rings. The second-order valence-corrected chi connectivity index (χ2v) is 8.00. The first-order valence-electron chi connectivity index (χ1n) is 10.3. The molecular formula is C26H23ClN2O3. The number of nitrogens with one attached hydrogen (secondary N) is 1. The number of ether oxygens (including phenoxy) is 1. The first-order chi connectivity index (χ1) is 15.5. The molecule has 1 heterocycles. The van der Waals surface area contributed by atoms with Crippen LogP contribution in [0.25, 0.3) is 0 Å². The van der Waals surface area contributed by atoms with Crippen molar-refractivity contribution in [2.24, 2.45) is 0 Å². The van der Waals surface area contributed by atoms with E-state index < -0.39 is 12.0 Å². The molecule has 0 bridgehead atoms. The maximum atomic E-state index is 13.3. The minimum absolute atomic E-state index is 0.149. The first-order valence-corrected chi connectivity index (χ1v) is 10.7. The lowest BCUT2D eigenvalue weighted by Gasteiger charge is -2.35. The van der Waals surface area contributed by atoms with Gasteiger partial charge in [-0.1, -0.05) is 84.4 Å². The van der Waals surface area contributed by atoms with Crippen LogP contribution >= 0.6 is 11.6 Å². The zero-order chi connectivity index (χ0) is 22.5. The Hall–Kier alpha value is -3.57. The Labute approximate surface area is 192 Å². The van der Waals surface area contributed by atoms with Crippen LogP contribution in [0, 0.1) is 0 Å². The lowest BCUT2D eigenvalue weighted by atomic mass is 9.94. The van der Waals surface area contributed by atoms with E-state index in [9.17, 15) is 9.59 Å². The zero-order valence-corrected chi connectivity index (χ0v) is 18.4. The molecule has 6 heteroatoms. The number of esters is 1. The van der Waals surface area contributed by atoms with Crippen molar-refractivity contribution in [2.45, 2.75) is 26.1 Å². The zero-order valence-electron chi connectivity index (χ0n) is 17.6. The van der Waals surface area contributed by atoms with E-state index in [1.54, 1.807) is 36.1 Å². The van der Waals surface area contributed by atoms with Gasteiger partial charge in [-0.2, -0.15) is 0 Å². The third-order valence-electron chi connectivity index (χ3n) is 5.42. The quantitative estimate of drug-likeness (QED) is 0.499. The van der Waals surface area contributed by atoms with E-state index in [4.69, 9.17) is 16.3 Å². The standard InChI is InChI=1S/C26H23ClN2O3/c1-18-23(25(30)32-17-20-10-6-3-7-11-20)24(21-12-14-22(27)15-13-21)28-26(31)29(18)16-19-8-4-2-5-9-19/h2-15,24H,16-17H2,1H3,(H,28,31). The fraction of sp³-hybridized carbons (Fsp3) is 0.154. The Morgan fingerprint density at radius 3 is 2.16 bits per heavy atom. The third-order valence-corrected chi connectivity index (χ3v) is 5.67. The van der Waals surface area contributed by atoms with Crippen LogP contribution in [0.3, 0.4) is 0 Å². The molecular weight excluding hydrogens is 424 g/mol. The van der Waals surface area contributed by atoms with Crippen molar-refractivity contribution >= 4 is 23.6 Å². The molecule has 1 aliphatic heterocycles. The molecule has 4 rings (SSSR count). The van der Waals surface area contributed by atoms with Gasteiger partial charge in [-0.05, 0) is 35.7 Å². The fourth-order valence-electron chi connectivity index (χ4n) is 3.71. The number of carbonyl (C=O) groups excluding carboxylic acids is 2. The summed E-state index contributed by atoms with van der Waals surface area (Å²) >= 11 is 6.04. The average Bonchev–Trinajstić information content (AvgIpc) is 2.82. The second-order valence-electron chi connectivity index (χ2n) is 7.57. The van der Waals surface area contributed by atoms with Gasteiger partial charge < -0.3 is 10.1 Å². The van der Waals surface area contributed by atoms with Crippen LogP contribution in [-0.2, 0) is 22.7 Å². The molecule has 1 N–H and O–H groups in total. The monoisotopic (exact) mass is 446 g/mol. The Morgan fingerprint density at radius 2 is 1.53 bits per heavy atom. The summed E-state index contributed by atoms with van der Waals surface area (Å²) in [6.45, 7) is 2.28. The van der Waals surface area contributed by atoms with Gasteiger partial charge in [-0.15, -0.1) is 0 Å². The Bertz CT molecular complexity index is 1130. The van der Waals surface area contributed by atoms with Gasteiger partial charge in [0, 0.05) is 10.7 Å². The fourth-order valence-corrected chi connectivity index (χ4v) is 3.83. The van der Waals surface area contributed by atoms with Crippen molar-refractivity contribution in [3.05, 3.63) is 118 Å². The van der Waals surface area contributed by atoms with Gasteiger partial charge in [0.15, 0.2) is 0 Å². The summed E-state index contributed by atoms with van der Waals surface area (Å²) in [6.07, 6.45) is 0. The van der Waals surface area contributed by atoms with E-state index in [2.05, 4.69) is 5.32 Å². The first kappa shape index (κ1) is 21.7. The molecule has 32 heavy (non-hydrogen) atoms. The van der Waals surface area contributed by atoms with Gasteiger partial charge in [-0.25, -0.2) is 9.59 Å². The highest BCUT2D eigenvalue weighted by Gasteiger charge is 2.36. The summed E-state index contributed by atoms with van der Waals surface area (Å²) < 4.78 is 5.65. The van der Waals surface area contributed by atoms with Crippen LogP contribution < -0.4 is 5.32 Å². The molecule has 2 amide bonds. The average molecular weight is 447 g/mol. The molecule has 1 unspecified atom stereocenters. The Balaban J connectivity index is 1.67. The van der Waals surface area contributed by atoms with Crippen molar-refractivity contribution in [3.63, 3.8) is 0 Å². The summed E-state index contributed by atoms with van der Waals surface area (Å²) in [7, 11) is 0. The number of benzene rings is 3. The maximum absolute atomic E-state index is 13.3. The molecule has 0 fully saturated rings. The molecule has 3 aromatic rings. The molecule has 162 valence electrons. The molecule has 0 aliphatic carbocycles. The van der Waals surface area contributed by atoms with Crippen molar-refractivity contribution < 1.29 is 14.3 Å². The van der Waals surface area contributed by atoms with Gasteiger partial charge in [0.05, 0.1) is 18.2 Å². The molecule has 0 saturated carbocycles. The summed E-state index contributed by atoms with van der Waals surface area (Å²) in [5.41, 5.74) is 3.58. The third kappa shape index (κ3) is 4.84. The highest BCUT2D eigenvalue weighted by Crippen LogP contribution is 2.33. The van der Waals surface area contributed by atoms with Crippen LogP contribution in [-0.4, -0.2) is 16.9 Å². The Kier molecular flexibility index (Phi) is 6.57. The van der Waals surface area contributed by atoms with Gasteiger partial charge in [-0.3, -0.25) is 4.90 Å². The van der Waals surface area contributed by atoms with Gasteiger partial charge in [0.25, 0.3) is 0 Å². The number of amides is 2. The highest BCUT2D eigenvalue weighted by atomic mass is 35.5. The molecule has 0 saturated heterocycles. The predicted molar refractivity (Wildman–Crippen MR) is 124 cm³/mol. The van der Waals surface area contributed by atoms with Gasteiger partial charge in [0.1, 0.15) is 6.61 Å². The number of allylic oxidation sites excluding steroid dienone is 1. The minimum Gasteiger partial charge on any atom is -0.457 e. The maximum Gasteiger partial charge on any atom is 0.338 e. The normalized spacial score (nSPS) is 16.0. The van der Waals surface area contributed by atoms with Crippen LogP contribution in [0.4, 0.5) is 4.79 Å². The number of nitrogens with zero attached hydrogens (tertiary/aromatic N) is 1. The predicted octanol–water partition coefficient (Wildman–Crippen LogP) is 5.62. The lowest BCUT2D eigenvalue weighted by molar-refractivity contribution is -0.141. The van der Waals surface area contributed by atoms with Crippen LogP contribution in [0.15, 0.2) is 96.2 Å². The van der Waals surface area contributed by atoms with E-state index >= 15 is 0 Å². The van der Waals surface area contributed by atoms with Crippen molar-refractivity contribution in [1.29, 1.82) is 0 Å². The number of carbonyl (C=O) groups is 2.